The molecular formula is C20H25N3O4S. The number of likely N-dealkylation sites (tertiary alicyclic amines) is 1. The Kier molecular flexibility index (Phi) is 4.69. The third-order valence-electron chi connectivity index (χ3n) is 5.17. The third kappa shape index (κ3) is 3.53. The second-order valence-corrected chi connectivity index (χ2v) is 9.42. The minimum absolute atomic E-state index is 0.232. The first-order chi connectivity index (χ1) is 13.2. The molecule has 2 unspecified atom stereocenters. The zero-order valence-electron chi connectivity index (χ0n) is 16.6. The maximum atomic E-state index is 12.5. The van der Waals surface area contributed by atoms with E-state index in [0.717, 1.165) is 28.1 Å². The highest BCUT2D eigenvalue weighted by molar-refractivity contribution is 7.22. The summed E-state index contributed by atoms with van der Waals surface area (Å²) in [5.41, 5.74) is 0.852. The van der Waals surface area contributed by atoms with Gasteiger partial charge in [0.25, 0.3) is 0 Å². The van der Waals surface area contributed by atoms with Gasteiger partial charge in [-0.15, -0.1) is 11.3 Å². The number of fused-ring (bicyclic) bond motifs is 3. The van der Waals surface area contributed by atoms with Crippen molar-refractivity contribution in [3.8, 4) is 0 Å². The summed E-state index contributed by atoms with van der Waals surface area (Å²) in [6.07, 6.45) is 3.43. The average Bonchev–Trinajstić information content (AvgIpc) is 3.16. The average molecular weight is 404 g/mol. The Balaban J connectivity index is 1.55. The Labute approximate surface area is 168 Å². The van der Waals surface area contributed by atoms with E-state index < -0.39 is 5.60 Å². The molecule has 2 aromatic heterocycles. The largest absolute Gasteiger partial charge is 0.465 e. The monoisotopic (exact) mass is 403 g/mol. The van der Waals surface area contributed by atoms with E-state index in [4.69, 9.17) is 9.47 Å². The maximum absolute atomic E-state index is 12.5. The van der Waals surface area contributed by atoms with Crippen molar-refractivity contribution in [2.45, 2.75) is 51.3 Å². The first-order valence-electron chi connectivity index (χ1n) is 9.49. The number of nitrogens with zero attached hydrogens (tertiary/aromatic N) is 3. The molecule has 2 aromatic rings. The molecule has 2 atom stereocenters. The Hall–Kier alpha value is -2.35. The van der Waals surface area contributed by atoms with Crippen molar-refractivity contribution in [2.75, 3.05) is 25.1 Å². The highest BCUT2D eigenvalue weighted by Crippen LogP contribution is 2.41. The predicted octanol–water partition coefficient (Wildman–Crippen LogP) is 3.67. The van der Waals surface area contributed by atoms with Crippen molar-refractivity contribution in [3.63, 3.8) is 0 Å². The quantitative estimate of drug-likeness (QED) is 0.713. The van der Waals surface area contributed by atoms with E-state index in [-0.39, 0.29) is 24.1 Å². The number of ether oxygens (including phenoxy) is 2. The normalized spacial score (nSPS) is 21.9. The van der Waals surface area contributed by atoms with Gasteiger partial charge in [0.15, 0.2) is 0 Å². The second-order valence-electron chi connectivity index (χ2n) is 8.36. The molecule has 28 heavy (non-hydrogen) atoms. The van der Waals surface area contributed by atoms with Crippen LogP contribution in [0.1, 0.15) is 44.0 Å². The van der Waals surface area contributed by atoms with Gasteiger partial charge in [0.1, 0.15) is 5.60 Å². The first kappa shape index (κ1) is 19.0. The van der Waals surface area contributed by atoms with Gasteiger partial charge in [-0.3, -0.25) is 4.98 Å². The Bertz CT molecular complexity index is 906. The van der Waals surface area contributed by atoms with Crippen LogP contribution in [-0.2, 0) is 9.47 Å². The third-order valence-corrected chi connectivity index (χ3v) is 6.25. The zero-order chi connectivity index (χ0) is 20.1. The van der Waals surface area contributed by atoms with Crippen molar-refractivity contribution >= 4 is 38.6 Å². The van der Waals surface area contributed by atoms with Crippen molar-refractivity contribution in [3.05, 3.63) is 23.9 Å². The zero-order valence-corrected chi connectivity index (χ0v) is 17.4. The van der Waals surface area contributed by atoms with E-state index in [2.05, 4.69) is 16.0 Å². The Morgan fingerprint density at radius 1 is 1.18 bits per heavy atom. The molecular weight excluding hydrogens is 378 g/mol. The number of pyridine rings is 1. The lowest BCUT2D eigenvalue weighted by Gasteiger charge is -2.41. The van der Waals surface area contributed by atoms with Crippen LogP contribution in [0.5, 0.6) is 0 Å². The number of methoxy groups -OCH3 is 1. The number of aromatic nitrogens is 1. The van der Waals surface area contributed by atoms with Gasteiger partial charge >= 0.3 is 12.1 Å². The molecule has 0 radical (unpaired) electrons. The number of rotatable bonds is 2. The number of esters is 1. The molecule has 2 aliphatic rings. The van der Waals surface area contributed by atoms with Crippen LogP contribution in [0.2, 0.25) is 0 Å². The molecule has 1 amide bonds. The standard InChI is InChI=1S/C20H25N3O4S/c1-20(2,3)27-19(25)22-10-13-5-6-14(11-22)23(13)17-8-15-16(28-17)7-12(9-21-15)18(24)26-4/h7-9,13-14H,5-6,10-11H2,1-4H3. The minimum atomic E-state index is -0.484. The number of anilines is 1. The molecule has 150 valence electrons. The number of carbonyl (C=O) groups excluding carboxylic acids is 2. The van der Waals surface area contributed by atoms with Crippen LogP contribution in [0.15, 0.2) is 18.3 Å². The SMILES string of the molecule is COC(=O)c1cnc2cc(N3C4CCC3CN(C(=O)OC(C)(C)C)C4)sc2c1. The smallest absolute Gasteiger partial charge is 0.410 e. The summed E-state index contributed by atoms with van der Waals surface area (Å²) in [6.45, 7) is 7.01. The van der Waals surface area contributed by atoms with Crippen LogP contribution in [0.3, 0.4) is 0 Å². The van der Waals surface area contributed by atoms with Crippen molar-refractivity contribution in [2.24, 2.45) is 0 Å². The van der Waals surface area contributed by atoms with Gasteiger partial charge in [-0.2, -0.15) is 0 Å². The van der Waals surface area contributed by atoms with Gasteiger partial charge in [0, 0.05) is 31.4 Å². The van der Waals surface area contributed by atoms with E-state index in [1.165, 1.54) is 7.11 Å². The van der Waals surface area contributed by atoms with Crippen LogP contribution < -0.4 is 4.90 Å². The second kappa shape index (κ2) is 6.92. The van der Waals surface area contributed by atoms with Crippen LogP contribution in [0.4, 0.5) is 9.80 Å². The van der Waals surface area contributed by atoms with E-state index in [0.29, 0.717) is 18.7 Å². The summed E-state index contributed by atoms with van der Waals surface area (Å²) in [5.74, 6) is -0.379. The Morgan fingerprint density at radius 3 is 2.46 bits per heavy atom. The molecule has 0 spiro atoms. The van der Waals surface area contributed by atoms with Gasteiger partial charge in [-0.25, -0.2) is 9.59 Å². The van der Waals surface area contributed by atoms with Gasteiger partial charge in [-0.1, -0.05) is 0 Å². The van der Waals surface area contributed by atoms with Gasteiger partial charge < -0.3 is 19.3 Å². The summed E-state index contributed by atoms with van der Waals surface area (Å²) in [4.78, 5) is 32.9. The molecule has 2 bridgehead atoms. The van der Waals surface area contributed by atoms with Crippen molar-refractivity contribution < 1.29 is 19.1 Å². The fourth-order valence-corrected chi connectivity index (χ4v) is 5.20. The molecule has 0 saturated carbocycles. The predicted molar refractivity (Wildman–Crippen MR) is 108 cm³/mol. The number of amides is 1. The van der Waals surface area contributed by atoms with Crippen LogP contribution >= 0.6 is 11.3 Å². The topological polar surface area (TPSA) is 72.0 Å². The molecule has 2 aliphatic heterocycles. The van der Waals surface area contributed by atoms with Crippen LogP contribution in [0.25, 0.3) is 10.2 Å². The van der Waals surface area contributed by atoms with Crippen molar-refractivity contribution in [1.82, 2.24) is 9.88 Å². The lowest BCUT2D eigenvalue weighted by Crippen LogP contribution is -2.56. The number of carbonyl (C=O) groups is 2. The summed E-state index contributed by atoms with van der Waals surface area (Å²) in [5, 5.41) is 1.14. The number of hydrogen-bond acceptors (Lipinski definition) is 7. The lowest BCUT2D eigenvalue weighted by atomic mass is 10.2. The van der Waals surface area contributed by atoms with Crippen LogP contribution in [-0.4, -0.2) is 59.8 Å². The van der Waals surface area contributed by atoms with Gasteiger partial charge in [-0.05, 0) is 45.7 Å². The number of hydrogen-bond donors (Lipinski definition) is 0. The fraction of sp³-hybridized carbons (Fsp3) is 0.550. The number of piperazine rings is 1. The summed E-state index contributed by atoms with van der Waals surface area (Å²) >= 11 is 1.63. The van der Waals surface area contributed by atoms with E-state index >= 15 is 0 Å². The molecule has 0 aliphatic carbocycles. The van der Waals surface area contributed by atoms with E-state index in [1.54, 1.807) is 17.5 Å². The van der Waals surface area contributed by atoms with Gasteiger partial charge in [0.2, 0.25) is 0 Å². The van der Waals surface area contributed by atoms with Gasteiger partial charge in [0.05, 0.1) is 27.9 Å². The maximum Gasteiger partial charge on any atom is 0.410 e. The minimum Gasteiger partial charge on any atom is -0.465 e. The van der Waals surface area contributed by atoms with Crippen molar-refractivity contribution in [1.29, 1.82) is 0 Å². The highest BCUT2D eigenvalue weighted by Gasteiger charge is 2.43. The molecule has 0 N–H and O–H groups in total. The molecule has 4 heterocycles. The highest BCUT2D eigenvalue weighted by atomic mass is 32.1. The molecule has 0 aromatic carbocycles. The lowest BCUT2D eigenvalue weighted by molar-refractivity contribution is 0.0210. The molecule has 7 nitrogen and oxygen atoms in total. The summed E-state index contributed by atoms with van der Waals surface area (Å²) < 4.78 is 11.3. The molecule has 8 heteroatoms. The summed E-state index contributed by atoms with van der Waals surface area (Å²) in [7, 11) is 1.37. The van der Waals surface area contributed by atoms with Crippen LogP contribution in [0, 0.1) is 0 Å². The molecule has 2 saturated heterocycles. The molecule has 2 fully saturated rings. The molecule has 4 rings (SSSR count). The summed E-state index contributed by atoms with van der Waals surface area (Å²) in [6, 6.07) is 4.47. The van der Waals surface area contributed by atoms with E-state index in [9.17, 15) is 9.59 Å². The fourth-order valence-electron chi connectivity index (χ4n) is 4.00. The number of thiophene rings is 1. The first-order valence-corrected chi connectivity index (χ1v) is 10.3. The van der Waals surface area contributed by atoms with E-state index in [1.807, 2.05) is 31.7 Å². The Morgan fingerprint density at radius 2 is 1.86 bits per heavy atom.